The van der Waals surface area contributed by atoms with Crippen LogP contribution in [0.3, 0.4) is 0 Å². The zero-order chi connectivity index (χ0) is 14.1. The average molecular weight is 286 g/mol. The van der Waals surface area contributed by atoms with Crippen LogP contribution in [0.5, 0.6) is 0 Å². The van der Waals surface area contributed by atoms with E-state index >= 15 is 0 Å². The van der Waals surface area contributed by atoms with Crippen LogP contribution >= 0.6 is 0 Å². The smallest absolute Gasteiger partial charge is 0.155 e. The Kier molecular flexibility index (Phi) is 3.61. The van der Waals surface area contributed by atoms with E-state index in [1.807, 2.05) is 10.7 Å². The summed E-state index contributed by atoms with van der Waals surface area (Å²) in [5.41, 5.74) is 2.24. The third kappa shape index (κ3) is 3.24. The van der Waals surface area contributed by atoms with Crippen molar-refractivity contribution in [3.63, 3.8) is 0 Å². The summed E-state index contributed by atoms with van der Waals surface area (Å²) in [6.45, 7) is 4.19. The van der Waals surface area contributed by atoms with Crippen molar-refractivity contribution in [1.29, 1.82) is 0 Å². The molecule has 0 N–H and O–H groups in total. The van der Waals surface area contributed by atoms with Gasteiger partial charge in [-0.15, -0.1) is 0 Å². The molecule has 2 aliphatic rings. The van der Waals surface area contributed by atoms with Crippen LogP contribution in [-0.4, -0.2) is 45.3 Å². The van der Waals surface area contributed by atoms with E-state index in [0.717, 1.165) is 31.3 Å². The molecule has 5 nitrogen and oxygen atoms in total. The summed E-state index contributed by atoms with van der Waals surface area (Å²) < 4.78 is 7.63. The van der Waals surface area contributed by atoms with Gasteiger partial charge in [0.15, 0.2) is 5.65 Å². The molecule has 1 aliphatic heterocycles. The van der Waals surface area contributed by atoms with Gasteiger partial charge in [-0.2, -0.15) is 5.10 Å². The van der Waals surface area contributed by atoms with Gasteiger partial charge in [-0.05, 0) is 49.3 Å². The van der Waals surface area contributed by atoms with Crippen molar-refractivity contribution in [1.82, 2.24) is 19.5 Å². The average Bonchev–Trinajstić information content (AvgIpc) is 2.98. The second-order valence-corrected chi connectivity index (χ2v) is 6.37. The molecule has 1 unspecified atom stereocenters. The highest BCUT2D eigenvalue weighted by Gasteiger charge is 2.27. The molecule has 21 heavy (non-hydrogen) atoms. The predicted molar refractivity (Wildman–Crippen MR) is 80.0 cm³/mol. The standard InChI is InChI=1S/C16H22N4O/c1-2-15(21-7-1)11-19(9-13-3-4-13)10-14-5-6-20-16(8-14)17-12-18-20/h5-6,8,12-13,15H,1-4,7,9-11H2. The topological polar surface area (TPSA) is 42.7 Å². The van der Waals surface area contributed by atoms with E-state index in [0.29, 0.717) is 6.10 Å². The summed E-state index contributed by atoms with van der Waals surface area (Å²) in [6.07, 6.45) is 9.25. The summed E-state index contributed by atoms with van der Waals surface area (Å²) in [7, 11) is 0. The molecular formula is C16H22N4O. The summed E-state index contributed by atoms with van der Waals surface area (Å²) in [6, 6.07) is 4.29. The van der Waals surface area contributed by atoms with E-state index in [4.69, 9.17) is 4.74 Å². The first-order valence-corrected chi connectivity index (χ1v) is 7.99. The number of hydrogen-bond donors (Lipinski definition) is 0. The van der Waals surface area contributed by atoms with Crippen LogP contribution in [0.2, 0.25) is 0 Å². The van der Waals surface area contributed by atoms with Gasteiger partial charge in [0.1, 0.15) is 6.33 Å². The molecule has 3 heterocycles. The number of nitrogens with zero attached hydrogens (tertiary/aromatic N) is 4. The Labute approximate surface area is 124 Å². The minimum Gasteiger partial charge on any atom is -0.377 e. The molecule has 5 heteroatoms. The fraction of sp³-hybridized carbons (Fsp3) is 0.625. The highest BCUT2D eigenvalue weighted by molar-refractivity contribution is 5.39. The first kappa shape index (κ1) is 13.2. The van der Waals surface area contributed by atoms with Crippen molar-refractivity contribution >= 4 is 5.65 Å². The van der Waals surface area contributed by atoms with Crippen LogP contribution < -0.4 is 0 Å². The Morgan fingerprint density at radius 3 is 3.05 bits per heavy atom. The quantitative estimate of drug-likeness (QED) is 0.816. The molecule has 0 bridgehead atoms. The maximum atomic E-state index is 5.81. The largest absolute Gasteiger partial charge is 0.377 e. The predicted octanol–water partition coefficient (Wildman–Crippen LogP) is 2.12. The van der Waals surface area contributed by atoms with Crippen molar-refractivity contribution in [2.75, 3.05) is 19.7 Å². The number of fused-ring (bicyclic) bond motifs is 1. The van der Waals surface area contributed by atoms with Crippen molar-refractivity contribution < 1.29 is 4.74 Å². The van der Waals surface area contributed by atoms with Gasteiger partial charge >= 0.3 is 0 Å². The second kappa shape index (κ2) is 5.73. The lowest BCUT2D eigenvalue weighted by Gasteiger charge is -2.25. The van der Waals surface area contributed by atoms with E-state index in [1.54, 1.807) is 6.33 Å². The minimum atomic E-state index is 0.431. The van der Waals surface area contributed by atoms with Gasteiger partial charge in [-0.25, -0.2) is 9.50 Å². The Balaban J connectivity index is 1.46. The molecule has 2 aromatic heterocycles. The monoisotopic (exact) mass is 286 g/mol. The van der Waals surface area contributed by atoms with Gasteiger partial charge in [-0.1, -0.05) is 0 Å². The highest BCUT2D eigenvalue weighted by atomic mass is 16.5. The van der Waals surface area contributed by atoms with E-state index in [9.17, 15) is 0 Å². The van der Waals surface area contributed by atoms with Gasteiger partial charge in [0.25, 0.3) is 0 Å². The Morgan fingerprint density at radius 2 is 2.24 bits per heavy atom. The van der Waals surface area contributed by atoms with Gasteiger partial charge in [-0.3, -0.25) is 4.90 Å². The second-order valence-electron chi connectivity index (χ2n) is 6.37. The zero-order valence-corrected chi connectivity index (χ0v) is 12.3. The third-order valence-corrected chi connectivity index (χ3v) is 4.45. The SMILES string of the molecule is c1nc2cc(CN(CC3CC3)CC3CCCO3)ccn2n1. The molecule has 112 valence electrons. The van der Waals surface area contributed by atoms with E-state index in [2.05, 4.69) is 27.1 Å². The van der Waals surface area contributed by atoms with E-state index in [-0.39, 0.29) is 0 Å². The number of ether oxygens (including phenoxy) is 1. The maximum absolute atomic E-state index is 5.81. The molecule has 1 saturated carbocycles. The molecule has 1 aliphatic carbocycles. The Morgan fingerprint density at radius 1 is 1.29 bits per heavy atom. The molecule has 2 fully saturated rings. The van der Waals surface area contributed by atoms with E-state index in [1.165, 1.54) is 37.8 Å². The van der Waals surface area contributed by atoms with Crippen molar-refractivity contribution in [2.24, 2.45) is 5.92 Å². The Bertz CT molecular complexity index is 601. The summed E-state index contributed by atoms with van der Waals surface area (Å²) >= 11 is 0. The Hall–Kier alpha value is -1.46. The highest BCUT2D eigenvalue weighted by Crippen LogP contribution is 2.30. The molecule has 1 atom stereocenters. The third-order valence-electron chi connectivity index (χ3n) is 4.45. The van der Waals surface area contributed by atoms with Crippen LogP contribution in [0.4, 0.5) is 0 Å². The lowest BCUT2D eigenvalue weighted by molar-refractivity contribution is 0.0689. The van der Waals surface area contributed by atoms with E-state index < -0.39 is 0 Å². The molecule has 0 spiro atoms. The van der Waals surface area contributed by atoms with Crippen LogP contribution in [0.1, 0.15) is 31.2 Å². The summed E-state index contributed by atoms with van der Waals surface area (Å²) in [5.74, 6) is 0.906. The number of rotatable bonds is 6. The number of pyridine rings is 1. The molecule has 1 saturated heterocycles. The first-order chi connectivity index (χ1) is 10.4. The van der Waals surface area contributed by atoms with Crippen molar-refractivity contribution in [3.05, 3.63) is 30.2 Å². The normalized spacial score (nSPS) is 22.4. The lowest BCUT2D eigenvalue weighted by Crippen LogP contribution is -2.33. The van der Waals surface area contributed by atoms with Gasteiger partial charge in [0.2, 0.25) is 0 Å². The first-order valence-electron chi connectivity index (χ1n) is 7.99. The minimum absolute atomic E-state index is 0.431. The summed E-state index contributed by atoms with van der Waals surface area (Å²) in [5, 5.41) is 4.15. The van der Waals surface area contributed by atoms with Crippen molar-refractivity contribution in [3.8, 4) is 0 Å². The number of hydrogen-bond acceptors (Lipinski definition) is 4. The molecule has 0 aromatic carbocycles. The van der Waals surface area contributed by atoms with Crippen LogP contribution in [0, 0.1) is 5.92 Å². The molecule has 0 amide bonds. The fourth-order valence-corrected chi connectivity index (χ4v) is 3.16. The van der Waals surface area contributed by atoms with Crippen LogP contribution in [-0.2, 0) is 11.3 Å². The molecule has 4 rings (SSSR count). The lowest BCUT2D eigenvalue weighted by atomic mass is 10.2. The van der Waals surface area contributed by atoms with Gasteiger partial charge in [0.05, 0.1) is 6.10 Å². The van der Waals surface area contributed by atoms with Crippen molar-refractivity contribution in [2.45, 2.75) is 38.3 Å². The molecule has 0 radical (unpaired) electrons. The van der Waals surface area contributed by atoms with Gasteiger partial charge in [0, 0.05) is 32.4 Å². The zero-order valence-electron chi connectivity index (χ0n) is 12.3. The molecule has 2 aromatic rings. The van der Waals surface area contributed by atoms with Crippen LogP contribution in [0.15, 0.2) is 24.7 Å². The fourth-order valence-electron chi connectivity index (χ4n) is 3.16. The number of aromatic nitrogens is 3. The summed E-state index contributed by atoms with van der Waals surface area (Å²) in [4.78, 5) is 6.84. The van der Waals surface area contributed by atoms with Crippen LogP contribution in [0.25, 0.3) is 5.65 Å². The molecular weight excluding hydrogens is 264 g/mol. The maximum Gasteiger partial charge on any atom is 0.155 e. The van der Waals surface area contributed by atoms with Gasteiger partial charge < -0.3 is 4.74 Å².